The third-order valence-corrected chi connectivity index (χ3v) is 6.60. The van der Waals surface area contributed by atoms with E-state index in [1.165, 1.54) is 4.90 Å². The van der Waals surface area contributed by atoms with E-state index in [2.05, 4.69) is 10.4 Å². The Balaban J connectivity index is 1.31. The number of nitrogens with one attached hydrogen (secondary N) is 1. The first-order chi connectivity index (χ1) is 15.8. The molecule has 0 unspecified atom stereocenters. The van der Waals surface area contributed by atoms with Gasteiger partial charge in [-0.2, -0.15) is 5.10 Å². The number of hydrogen-bond donors (Lipinski definition) is 1. The van der Waals surface area contributed by atoms with Crippen LogP contribution in [0.1, 0.15) is 47.9 Å². The molecule has 0 saturated carbocycles. The van der Waals surface area contributed by atoms with Crippen LogP contribution < -0.4 is 15.0 Å². The van der Waals surface area contributed by atoms with Gasteiger partial charge in [-0.3, -0.25) is 19.1 Å². The van der Waals surface area contributed by atoms with Crippen LogP contribution in [0.2, 0.25) is 0 Å². The van der Waals surface area contributed by atoms with Gasteiger partial charge in [0.05, 0.1) is 16.9 Å². The fourth-order valence-corrected chi connectivity index (χ4v) is 4.64. The highest BCUT2D eigenvalue weighted by molar-refractivity contribution is 5.99. The molecule has 33 heavy (non-hydrogen) atoms. The van der Waals surface area contributed by atoms with E-state index in [0.29, 0.717) is 42.2 Å². The molecule has 2 aliphatic rings. The summed E-state index contributed by atoms with van der Waals surface area (Å²) in [6.07, 6.45) is 1.97. The third-order valence-electron chi connectivity index (χ3n) is 6.60. The number of fused-ring (bicyclic) bond motifs is 1. The summed E-state index contributed by atoms with van der Waals surface area (Å²) in [7, 11) is 1.70. The number of aromatic nitrogens is 2. The standard InChI is InChI=1S/C24H31N5O4/c1-5-29-16(3)23(15(2)26-29)24(32)28-10-8-17(9-11-28)12-21(30)25-18-6-7-20-19(13-18)27(4)22(31)14-33-20/h6-7,13,17H,5,8-12,14H2,1-4H3,(H,25,30). The van der Waals surface area contributed by atoms with Crippen LogP contribution >= 0.6 is 0 Å². The summed E-state index contributed by atoms with van der Waals surface area (Å²) in [6, 6.07) is 5.30. The minimum absolute atomic E-state index is 0.0243. The molecule has 2 aliphatic heterocycles. The topological polar surface area (TPSA) is 96.8 Å². The average Bonchev–Trinajstić information content (AvgIpc) is 3.09. The maximum absolute atomic E-state index is 13.1. The van der Waals surface area contributed by atoms with Crippen LogP contribution in [0.4, 0.5) is 11.4 Å². The van der Waals surface area contributed by atoms with Gasteiger partial charge in [0.15, 0.2) is 6.61 Å². The molecule has 9 heteroatoms. The highest BCUT2D eigenvalue weighted by Crippen LogP contribution is 2.34. The van der Waals surface area contributed by atoms with E-state index >= 15 is 0 Å². The number of ether oxygens (including phenoxy) is 1. The minimum atomic E-state index is -0.125. The van der Waals surface area contributed by atoms with Gasteiger partial charge in [0.25, 0.3) is 11.8 Å². The highest BCUT2D eigenvalue weighted by atomic mass is 16.5. The summed E-state index contributed by atoms with van der Waals surface area (Å²) in [6.45, 7) is 7.86. The number of rotatable bonds is 5. The van der Waals surface area contributed by atoms with Gasteiger partial charge in [0, 0.05) is 44.5 Å². The van der Waals surface area contributed by atoms with Crippen molar-refractivity contribution < 1.29 is 19.1 Å². The van der Waals surface area contributed by atoms with Gasteiger partial charge in [0.2, 0.25) is 5.91 Å². The van der Waals surface area contributed by atoms with Crippen molar-refractivity contribution in [3.63, 3.8) is 0 Å². The largest absolute Gasteiger partial charge is 0.482 e. The molecular weight excluding hydrogens is 422 g/mol. The van der Waals surface area contributed by atoms with E-state index in [1.807, 2.05) is 30.4 Å². The average molecular weight is 454 g/mol. The van der Waals surface area contributed by atoms with Crippen LogP contribution in [0.25, 0.3) is 0 Å². The van der Waals surface area contributed by atoms with Crippen molar-refractivity contribution in [3.8, 4) is 5.75 Å². The van der Waals surface area contributed by atoms with E-state index in [1.54, 1.807) is 25.2 Å². The Kier molecular flexibility index (Phi) is 6.40. The molecular formula is C24H31N5O4. The molecule has 0 atom stereocenters. The van der Waals surface area contributed by atoms with Crippen LogP contribution in [-0.4, -0.2) is 59.1 Å². The lowest BCUT2D eigenvalue weighted by atomic mass is 9.92. The summed E-state index contributed by atoms with van der Waals surface area (Å²) < 4.78 is 7.29. The number of piperidine rings is 1. The molecule has 2 aromatic rings. The van der Waals surface area contributed by atoms with Crippen molar-refractivity contribution in [2.75, 3.05) is 37.0 Å². The number of benzene rings is 1. The number of hydrogen-bond acceptors (Lipinski definition) is 5. The van der Waals surface area contributed by atoms with E-state index in [4.69, 9.17) is 4.74 Å². The van der Waals surface area contributed by atoms with Gasteiger partial charge in [-0.1, -0.05) is 0 Å². The van der Waals surface area contributed by atoms with E-state index < -0.39 is 0 Å². The van der Waals surface area contributed by atoms with Crippen molar-refractivity contribution in [3.05, 3.63) is 35.2 Å². The molecule has 1 fully saturated rings. The van der Waals surface area contributed by atoms with E-state index in [0.717, 1.165) is 30.8 Å². The summed E-state index contributed by atoms with van der Waals surface area (Å²) >= 11 is 0. The normalized spacial score (nSPS) is 16.4. The molecule has 1 saturated heterocycles. The van der Waals surface area contributed by atoms with E-state index in [-0.39, 0.29) is 30.2 Å². The first kappa shape index (κ1) is 22.8. The number of anilines is 2. The fraction of sp³-hybridized carbons (Fsp3) is 0.500. The van der Waals surface area contributed by atoms with Gasteiger partial charge >= 0.3 is 0 Å². The Hall–Kier alpha value is -3.36. The first-order valence-electron chi connectivity index (χ1n) is 11.4. The number of carbonyl (C=O) groups excluding carboxylic acids is 3. The maximum Gasteiger partial charge on any atom is 0.264 e. The van der Waals surface area contributed by atoms with Gasteiger partial charge < -0.3 is 19.9 Å². The number of nitrogens with zero attached hydrogens (tertiary/aromatic N) is 4. The van der Waals surface area contributed by atoms with Crippen molar-refractivity contribution in [1.82, 2.24) is 14.7 Å². The second kappa shape index (κ2) is 9.25. The first-order valence-corrected chi connectivity index (χ1v) is 11.4. The molecule has 0 bridgehead atoms. The van der Waals surface area contributed by atoms with Gasteiger partial charge in [-0.05, 0) is 57.7 Å². The van der Waals surface area contributed by atoms with Crippen molar-refractivity contribution in [2.24, 2.45) is 5.92 Å². The van der Waals surface area contributed by atoms with E-state index in [9.17, 15) is 14.4 Å². The Morgan fingerprint density at radius 2 is 1.94 bits per heavy atom. The zero-order valence-electron chi connectivity index (χ0n) is 19.7. The molecule has 0 aliphatic carbocycles. The molecule has 0 spiro atoms. The predicted molar refractivity (Wildman–Crippen MR) is 125 cm³/mol. The summed E-state index contributed by atoms with van der Waals surface area (Å²) in [5, 5.41) is 7.40. The van der Waals surface area contributed by atoms with Gasteiger partial charge in [-0.25, -0.2) is 0 Å². The number of likely N-dealkylation sites (tertiary alicyclic amines) is 1. The Morgan fingerprint density at radius 3 is 2.61 bits per heavy atom. The molecule has 176 valence electrons. The number of amides is 3. The lowest BCUT2D eigenvalue weighted by molar-refractivity contribution is -0.121. The number of carbonyl (C=O) groups is 3. The Labute approximate surface area is 193 Å². The third kappa shape index (κ3) is 4.58. The summed E-state index contributed by atoms with van der Waals surface area (Å²) in [4.78, 5) is 41.0. The monoisotopic (exact) mass is 453 g/mol. The van der Waals surface area contributed by atoms with Crippen LogP contribution in [0.15, 0.2) is 18.2 Å². The lowest BCUT2D eigenvalue weighted by Crippen LogP contribution is -2.39. The number of aryl methyl sites for hydroxylation is 2. The molecule has 1 aromatic heterocycles. The Bertz CT molecular complexity index is 1080. The quantitative estimate of drug-likeness (QED) is 0.751. The fourth-order valence-electron chi connectivity index (χ4n) is 4.64. The van der Waals surface area contributed by atoms with Crippen molar-refractivity contribution >= 4 is 29.1 Å². The van der Waals surface area contributed by atoms with Crippen molar-refractivity contribution in [2.45, 2.75) is 46.6 Å². The van der Waals surface area contributed by atoms with Crippen molar-refractivity contribution in [1.29, 1.82) is 0 Å². The molecule has 1 N–H and O–H groups in total. The van der Waals surface area contributed by atoms with Gasteiger partial charge in [0.1, 0.15) is 5.75 Å². The molecule has 3 amide bonds. The SMILES string of the molecule is CCn1nc(C)c(C(=O)N2CCC(CC(=O)Nc3ccc4c(c3)N(C)C(=O)CO4)CC2)c1C. The zero-order valence-corrected chi connectivity index (χ0v) is 19.7. The molecule has 4 rings (SSSR count). The zero-order chi connectivity index (χ0) is 23.7. The number of likely N-dealkylation sites (N-methyl/N-ethyl adjacent to an activating group) is 1. The highest BCUT2D eigenvalue weighted by Gasteiger charge is 2.29. The van der Waals surface area contributed by atoms with Crippen LogP contribution in [0.5, 0.6) is 5.75 Å². The van der Waals surface area contributed by atoms with Crippen LogP contribution in [0, 0.1) is 19.8 Å². The molecule has 1 aromatic carbocycles. The minimum Gasteiger partial charge on any atom is -0.482 e. The smallest absolute Gasteiger partial charge is 0.264 e. The predicted octanol–water partition coefficient (Wildman–Crippen LogP) is 2.76. The summed E-state index contributed by atoms with van der Waals surface area (Å²) in [5.41, 5.74) is 3.66. The second-order valence-corrected chi connectivity index (χ2v) is 8.77. The second-order valence-electron chi connectivity index (χ2n) is 8.77. The molecule has 3 heterocycles. The molecule has 9 nitrogen and oxygen atoms in total. The Morgan fingerprint density at radius 1 is 1.21 bits per heavy atom. The lowest BCUT2D eigenvalue weighted by Gasteiger charge is -2.32. The summed E-state index contributed by atoms with van der Waals surface area (Å²) in [5.74, 6) is 0.686. The maximum atomic E-state index is 13.1. The molecule has 0 radical (unpaired) electrons. The van der Waals surface area contributed by atoms with Crippen LogP contribution in [0.3, 0.4) is 0 Å². The van der Waals surface area contributed by atoms with Gasteiger partial charge in [-0.15, -0.1) is 0 Å². The van der Waals surface area contributed by atoms with Crippen LogP contribution in [-0.2, 0) is 16.1 Å².